The number of hydrogen-bond donors (Lipinski definition) is 0. The maximum atomic E-state index is 13.1. The molecule has 1 aliphatic heterocycles. The van der Waals surface area contributed by atoms with Gasteiger partial charge < -0.3 is 14.2 Å². The van der Waals surface area contributed by atoms with E-state index in [0.29, 0.717) is 55.0 Å². The van der Waals surface area contributed by atoms with Crippen LogP contribution >= 0.6 is 0 Å². The summed E-state index contributed by atoms with van der Waals surface area (Å²) in [6, 6.07) is 7.71. The summed E-state index contributed by atoms with van der Waals surface area (Å²) >= 11 is 0. The van der Waals surface area contributed by atoms with E-state index in [1.807, 2.05) is 4.90 Å². The van der Waals surface area contributed by atoms with Crippen molar-refractivity contribution in [1.29, 1.82) is 0 Å². The zero-order valence-corrected chi connectivity index (χ0v) is 15.5. The number of amides is 1. The van der Waals surface area contributed by atoms with Crippen LogP contribution < -0.4 is 4.90 Å². The van der Waals surface area contributed by atoms with Crippen molar-refractivity contribution in [3.63, 3.8) is 0 Å². The summed E-state index contributed by atoms with van der Waals surface area (Å²) in [7, 11) is 0. The van der Waals surface area contributed by atoms with Gasteiger partial charge in [0.1, 0.15) is 11.6 Å². The van der Waals surface area contributed by atoms with E-state index in [2.05, 4.69) is 19.9 Å². The molecule has 4 rings (SSSR count). The molecule has 0 unspecified atom stereocenters. The Morgan fingerprint density at radius 3 is 2.46 bits per heavy atom. The zero-order valence-electron chi connectivity index (χ0n) is 15.5. The molecule has 8 heteroatoms. The van der Waals surface area contributed by atoms with Gasteiger partial charge in [-0.2, -0.15) is 0 Å². The first-order valence-electron chi connectivity index (χ1n) is 9.12. The Bertz CT molecular complexity index is 950. The first-order chi connectivity index (χ1) is 13.6. The Hall–Kier alpha value is -3.29. The molecule has 1 aliphatic rings. The van der Waals surface area contributed by atoms with E-state index in [1.54, 1.807) is 37.5 Å². The molecule has 3 aromatic rings. The lowest BCUT2D eigenvalue weighted by Gasteiger charge is -2.34. The molecule has 1 amide bonds. The minimum absolute atomic E-state index is 0.00989. The van der Waals surface area contributed by atoms with E-state index in [0.717, 1.165) is 0 Å². The molecule has 28 heavy (non-hydrogen) atoms. The van der Waals surface area contributed by atoms with Crippen molar-refractivity contribution < 1.29 is 13.6 Å². The lowest BCUT2D eigenvalue weighted by molar-refractivity contribution is -0.130. The van der Waals surface area contributed by atoms with Gasteiger partial charge in [-0.15, -0.1) is 0 Å². The van der Waals surface area contributed by atoms with Crippen molar-refractivity contribution in [3.05, 3.63) is 60.0 Å². The minimum atomic E-state index is -0.317. The summed E-state index contributed by atoms with van der Waals surface area (Å²) in [5.41, 5.74) is 1.29. The third-order valence-electron chi connectivity index (χ3n) is 4.77. The standard InChI is InChI=1S/C20H20FN5O2/c1-14-17(24-19(28-14)15-3-5-16(21)6-4-15)13-18(27)25-9-11-26(12-10-25)20-22-7-2-8-23-20/h2-8H,9-13H2,1H3. The van der Waals surface area contributed by atoms with Crippen LogP contribution in [0.15, 0.2) is 47.1 Å². The van der Waals surface area contributed by atoms with Gasteiger partial charge in [0.15, 0.2) is 0 Å². The number of carbonyl (C=O) groups excluding carboxylic acids is 1. The molecule has 1 saturated heterocycles. The number of oxazole rings is 1. The number of rotatable bonds is 4. The fourth-order valence-corrected chi connectivity index (χ4v) is 3.17. The Morgan fingerprint density at radius 1 is 1.11 bits per heavy atom. The average Bonchev–Trinajstić information content (AvgIpc) is 3.09. The van der Waals surface area contributed by atoms with Crippen LogP contribution in [-0.4, -0.2) is 51.9 Å². The van der Waals surface area contributed by atoms with Crippen molar-refractivity contribution in [1.82, 2.24) is 19.9 Å². The number of halogens is 1. The molecular formula is C20H20FN5O2. The Labute approximate surface area is 161 Å². The van der Waals surface area contributed by atoms with Crippen molar-refractivity contribution >= 4 is 11.9 Å². The maximum Gasteiger partial charge on any atom is 0.228 e. The summed E-state index contributed by atoms with van der Waals surface area (Å²) in [5.74, 6) is 1.37. The first-order valence-corrected chi connectivity index (χ1v) is 9.12. The molecule has 0 saturated carbocycles. The fraction of sp³-hybridized carbons (Fsp3) is 0.300. The highest BCUT2D eigenvalue weighted by molar-refractivity contribution is 5.79. The van der Waals surface area contributed by atoms with Crippen LogP contribution in [0.3, 0.4) is 0 Å². The van der Waals surface area contributed by atoms with Crippen molar-refractivity contribution in [2.24, 2.45) is 0 Å². The van der Waals surface area contributed by atoms with E-state index in [1.165, 1.54) is 12.1 Å². The average molecular weight is 381 g/mol. The van der Waals surface area contributed by atoms with E-state index < -0.39 is 0 Å². The molecule has 2 aromatic heterocycles. The van der Waals surface area contributed by atoms with Gasteiger partial charge in [0.2, 0.25) is 17.7 Å². The molecule has 0 N–H and O–H groups in total. The summed E-state index contributed by atoms with van der Waals surface area (Å²) in [4.78, 5) is 29.5. The molecule has 0 atom stereocenters. The highest BCUT2D eigenvalue weighted by atomic mass is 19.1. The molecule has 3 heterocycles. The molecule has 0 radical (unpaired) electrons. The molecule has 0 spiro atoms. The third kappa shape index (κ3) is 3.85. The second-order valence-electron chi connectivity index (χ2n) is 6.62. The Balaban J connectivity index is 1.38. The molecular weight excluding hydrogens is 361 g/mol. The number of aryl methyl sites for hydroxylation is 1. The monoisotopic (exact) mass is 381 g/mol. The highest BCUT2D eigenvalue weighted by Gasteiger charge is 2.24. The predicted molar refractivity (Wildman–Crippen MR) is 101 cm³/mol. The van der Waals surface area contributed by atoms with Crippen LogP contribution in [0, 0.1) is 12.7 Å². The van der Waals surface area contributed by atoms with E-state index in [9.17, 15) is 9.18 Å². The van der Waals surface area contributed by atoms with Gasteiger partial charge >= 0.3 is 0 Å². The van der Waals surface area contributed by atoms with Crippen LogP contribution in [0.1, 0.15) is 11.5 Å². The number of hydrogen-bond acceptors (Lipinski definition) is 6. The van der Waals surface area contributed by atoms with Crippen LogP contribution in [0.25, 0.3) is 11.5 Å². The topological polar surface area (TPSA) is 75.4 Å². The third-order valence-corrected chi connectivity index (χ3v) is 4.77. The lowest BCUT2D eigenvalue weighted by Crippen LogP contribution is -2.49. The number of nitrogens with zero attached hydrogens (tertiary/aromatic N) is 5. The van der Waals surface area contributed by atoms with E-state index in [4.69, 9.17) is 4.42 Å². The molecule has 1 fully saturated rings. The first kappa shape index (κ1) is 18.1. The van der Waals surface area contributed by atoms with Crippen LogP contribution in [-0.2, 0) is 11.2 Å². The second-order valence-corrected chi connectivity index (χ2v) is 6.62. The quantitative estimate of drug-likeness (QED) is 0.691. The number of aromatic nitrogens is 3. The van der Waals surface area contributed by atoms with Gasteiger partial charge in [0.25, 0.3) is 0 Å². The molecule has 0 aliphatic carbocycles. The van der Waals surface area contributed by atoms with Crippen molar-refractivity contribution in [3.8, 4) is 11.5 Å². The smallest absolute Gasteiger partial charge is 0.228 e. The number of carbonyl (C=O) groups is 1. The SMILES string of the molecule is Cc1oc(-c2ccc(F)cc2)nc1CC(=O)N1CCN(c2ncccn2)CC1. The summed E-state index contributed by atoms with van der Waals surface area (Å²) in [6.07, 6.45) is 3.61. The van der Waals surface area contributed by atoms with Gasteiger partial charge in [0, 0.05) is 44.1 Å². The van der Waals surface area contributed by atoms with E-state index in [-0.39, 0.29) is 18.1 Å². The Kier molecular flexibility index (Phi) is 5.01. The molecule has 7 nitrogen and oxygen atoms in total. The summed E-state index contributed by atoms with van der Waals surface area (Å²) < 4.78 is 18.8. The molecule has 144 valence electrons. The van der Waals surface area contributed by atoms with Crippen LogP contribution in [0.2, 0.25) is 0 Å². The number of anilines is 1. The van der Waals surface area contributed by atoms with Gasteiger partial charge in [-0.05, 0) is 37.3 Å². The van der Waals surface area contributed by atoms with Crippen molar-refractivity contribution in [2.45, 2.75) is 13.3 Å². The normalized spacial score (nSPS) is 14.4. The second kappa shape index (κ2) is 7.75. The number of benzene rings is 1. The zero-order chi connectivity index (χ0) is 19.5. The van der Waals surface area contributed by atoms with Crippen LogP contribution in [0.4, 0.5) is 10.3 Å². The van der Waals surface area contributed by atoms with Crippen molar-refractivity contribution in [2.75, 3.05) is 31.1 Å². The maximum absolute atomic E-state index is 13.1. The van der Waals surface area contributed by atoms with Crippen LogP contribution in [0.5, 0.6) is 0 Å². The summed E-state index contributed by atoms with van der Waals surface area (Å²) in [6.45, 7) is 4.38. The molecule has 1 aromatic carbocycles. The van der Waals surface area contributed by atoms with Gasteiger partial charge in [-0.25, -0.2) is 19.3 Å². The summed E-state index contributed by atoms with van der Waals surface area (Å²) in [5, 5.41) is 0. The predicted octanol–water partition coefficient (Wildman–Crippen LogP) is 2.47. The Morgan fingerprint density at radius 2 is 1.79 bits per heavy atom. The number of piperazine rings is 1. The van der Waals surface area contributed by atoms with Gasteiger partial charge in [0.05, 0.1) is 12.1 Å². The highest BCUT2D eigenvalue weighted by Crippen LogP contribution is 2.23. The van der Waals surface area contributed by atoms with Gasteiger partial charge in [-0.3, -0.25) is 4.79 Å². The minimum Gasteiger partial charge on any atom is -0.441 e. The lowest BCUT2D eigenvalue weighted by atomic mass is 10.2. The van der Waals surface area contributed by atoms with E-state index >= 15 is 0 Å². The fourth-order valence-electron chi connectivity index (χ4n) is 3.17. The van der Waals surface area contributed by atoms with Gasteiger partial charge in [-0.1, -0.05) is 0 Å². The molecule has 0 bridgehead atoms. The largest absolute Gasteiger partial charge is 0.441 e.